The fourth-order valence-electron chi connectivity index (χ4n) is 1.61. The van der Waals surface area contributed by atoms with Gasteiger partial charge in [0.1, 0.15) is 5.60 Å². The topological polar surface area (TPSA) is 53.0 Å². The summed E-state index contributed by atoms with van der Waals surface area (Å²) in [7, 11) is -0.706. The third-order valence-corrected chi connectivity index (χ3v) is 2.32. The third-order valence-electron chi connectivity index (χ3n) is 2.32. The number of ether oxygens (including phenoxy) is 1. The molecule has 0 saturated carbocycles. The van der Waals surface area contributed by atoms with Gasteiger partial charge in [-0.25, -0.2) is 14.7 Å². The predicted octanol–water partition coefficient (Wildman–Crippen LogP) is 1.51. The molecule has 0 fully saturated rings. The highest BCUT2D eigenvalue weighted by Crippen LogP contribution is 2.14. The first-order valence-corrected chi connectivity index (χ1v) is 5.91. The van der Waals surface area contributed by atoms with E-state index in [0.29, 0.717) is 13.1 Å². The fourth-order valence-corrected chi connectivity index (χ4v) is 1.61. The van der Waals surface area contributed by atoms with Crippen LogP contribution in [0.5, 0.6) is 0 Å². The molecule has 6 heteroatoms. The molecule has 1 N–H and O–H groups in total. The minimum Gasteiger partial charge on any atom is -0.443 e. The molecule has 0 atom stereocenters. The number of carbonyl (C=O) groups excluding carboxylic acids is 1. The van der Waals surface area contributed by atoms with Crippen molar-refractivity contribution in [2.75, 3.05) is 13.1 Å². The van der Waals surface area contributed by atoms with E-state index in [1.807, 2.05) is 32.9 Å². The van der Waals surface area contributed by atoms with Gasteiger partial charge in [0.15, 0.2) is 0 Å². The molecular weight excluding hydrogens is 219 g/mol. The normalized spacial score (nSPS) is 17.8. The lowest BCUT2D eigenvalue weighted by Gasteiger charge is -2.35. The molecule has 0 aliphatic carbocycles. The van der Waals surface area contributed by atoms with Gasteiger partial charge in [-0.1, -0.05) is 12.2 Å². The zero-order chi connectivity index (χ0) is 13.1. The van der Waals surface area contributed by atoms with Crippen molar-refractivity contribution in [3.8, 4) is 0 Å². The molecule has 96 valence electrons. The van der Waals surface area contributed by atoms with Crippen molar-refractivity contribution in [1.29, 1.82) is 0 Å². The molecule has 0 spiro atoms. The summed E-state index contributed by atoms with van der Waals surface area (Å²) in [5.41, 5.74) is -0.530. The summed E-state index contributed by atoms with van der Waals surface area (Å²) in [6.07, 6.45) is 4.29. The summed E-state index contributed by atoms with van der Waals surface area (Å²) in [6.45, 7) is 8.15. The fraction of sp³-hybridized carbons (Fsp3) is 0.727. The summed E-state index contributed by atoms with van der Waals surface area (Å²) >= 11 is 0. The lowest BCUT2D eigenvalue weighted by Crippen LogP contribution is -2.54. The molecule has 1 rings (SSSR count). The van der Waals surface area contributed by atoms with Crippen molar-refractivity contribution in [2.45, 2.75) is 39.6 Å². The average molecular weight is 240 g/mol. The van der Waals surface area contributed by atoms with E-state index < -0.39 is 18.7 Å². The number of hydrogen-bond donors (Lipinski definition) is 1. The molecule has 0 aromatic rings. The van der Waals surface area contributed by atoms with Crippen molar-refractivity contribution < 1.29 is 14.6 Å². The van der Waals surface area contributed by atoms with Crippen LogP contribution in [0.15, 0.2) is 12.2 Å². The molecular formula is C11H21BN2O3. The average Bonchev–Trinajstić information content (AvgIpc) is 2.39. The van der Waals surface area contributed by atoms with Crippen LogP contribution in [-0.4, -0.2) is 46.8 Å². The van der Waals surface area contributed by atoms with Crippen molar-refractivity contribution in [3.05, 3.63) is 12.2 Å². The molecule has 0 aromatic carbocycles. The standard InChI is InChI=1S/C11H21BN2O3/c1-11(2,3)17-10(15)13-8-6-5-7-9-14(13)12(4)16/h5-6,16H,7-9H2,1-4H3. The van der Waals surface area contributed by atoms with Gasteiger partial charge in [-0.3, -0.25) is 0 Å². The SMILES string of the molecule is CB(O)N1CCC=CCN1C(=O)OC(C)(C)C. The number of hydrogen-bond acceptors (Lipinski definition) is 4. The predicted molar refractivity (Wildman–Crippen MR) is 67.2 cm³/mol. The van der Waals surface area contributed by atoms with E-state index in [1.54, 1.807) is 11.7 Å². The van der Waals surface area contributed by atoms with Crippen LogP contribution in [0.3, 0.4) is 0 Å². The smallest absolute Gasteiger partial charge is 0.424 e. The molecule has 0 saturated heterocycles. The van der Waals surface area contributed by atoms with E-state index in [2.05, 4.69) is 0 Å². The highest BCUT2D eigenvalue weighted by molar-refractivity contribution is 6.45. The van der Waals surface area contributed by atoms with Gasteiger partial charge in [-0.15, -0.1) is 0 Å². The van der Waals surface area contributed by atoms with Crippen LogP contribution >= 0.6 is 0 Å². The lowest BCUT2D eigenvalue weighted by molar-refractivity contribution is -0.0157. The van der Waals surface area contributed by atoms with E-state index in [9.17, 15) is 9.82 Å². The first-order chi connectivity index (χ1) is 7.81. The van der Waals surface area contributed by atoms with E-state index in [4.69, 9.17) is 4.74 Å². The Balaban J connectivity index is 2.75. The highest BCUT2D eigenvalue weighted by Gasteiger charge is 2.30. The van der Waals surface area contributed by atoms with Crippen molar-refractivity contribution in [2.24, 2.45) is 0 Å². The molecule has 5 nitrogen and oxygen atoms in total. The van der Waals surface area contributed by atoms with Crippen LogP contribution in [0, 0.1) is 0 Å². The first-order valence-electron chi connectivity index (χ1n) is 5.91. The number of amides is 1. The number of rotatable bonds is 1. The highest BCUT2D eigenvalue weighted by atomic mass is 16.6. The third kappa shape index (κ3) is 4.40. The molecule has 1 heterocycles. The Kier molecular flexibility index (Phi) is 4.59. The Hall–Kier alpha value is -1.01. The largest absolute Gasteiger partial charge is 0.443 e. The van der Waals surface area contributed by atoms with Crippen molar-refractivity contribution >= 4 is 13.1 Å². The molecule has 0 aromatic heterocycles. The molecule has 17 heavy (non-hydrogen) atoms. The maximum Gasteiger partial charge on any atom is 0.424 e. The Morgan fingerprint density at radius 1 is 1.41 bits per heavy atom. The monoisotopic (exact) mass is 240 g/mol. The molecule has 0 bridgehead atoms. The maximum atomic E-state index is 12.0. The lowest BCUT2D eigenvalue weighted by atomic mass is 9.87. The van der Waals surface area contributed by atoms with Gasteiger partial charge in [-0.2, -0.15) is 0 Å². The summed E-state index contributed by atoms with van der Waals surface area (Å²) < 4.78 is 5.31. The van der Waals surface area contributed by atoms with E-state index in [0.717, 1.165) is 6.42 Å². The summed E-state index contributed by atoms with van der Waals surface area (Å²) in [6, 6.07) is 0. The second kappa shape index (κ2) is 5.55. The van der Waals surface area contributed by atoms with Crippen LogP contribution in [0.2, 0.25) is 6.82 Å². The Labute approximate surface area is 103 Å². The summed E-state index contributed by atoms with van der Waals surface area (Å²) in [4.78, 5) is 13.6. The minimum absolute atomic E-state index is 0.426. The second-order valence-corrected chi connectivity index (χ2v) is 5.12. The van der Waals surface area contributed by atoms with Gasteiger partial charge in [0.05, 0.1) is 6.54 Å². The van der Waals surface area contributed by atoms with Gasteiger partial charge in [-0.05, 0) is 34.0 Å². The van der Waals surface area contributed by atoms with Gasteiger partial charge in [0.25, 0.3) is 0 Å². The van der Waals surface area contributed by atoms with E-state index >= 15 is 0 Å². The molecule has 0 radical (unpaired) electrons. The zero-order valence-corrected chi connectivity index (χ0v) is 11.0. The van der Waals surface area contributed by atoms with Gasteiger partial charge in [0.2, 0.25) is 0 Å². The molecule has 0 unspecified atom stereocenters. The van der Waals surface area contributed by atoms with Crippen LogP contribution in [0.4, 0.5) is 4.79 Å². The quantitative estimate of drug-likeness (QED) is 0.557. The Morgan fingerprint density at radius 2 is 2.06 bits per heavy atom. The minimum atomic E-state index is -0.706. The van der Waals surface area contributed by atoms with Gasteiger partial charge < -0.3 is 9.76 Å². The zero-order valence-electron chi connectivity index (χ0n) is 11.0. The van der Waals surface area contributed by atoms with E-state index in [-0.39, 0.29) is 0 Å². The summed E-state index contributed by atoms with van der Waals surface area (Å²) in [5.74, 6) is 0. The van der Waals surface area contributed by atoms with Crippen LogP contribution < -0.4 is 0 Å². The first kappa shape index (κ1) is 14.1. The molecule has 1 aliphatic heterocycles. The van der Waals surface area contributed by atoms with Gasteiger partial charge in [0, 0.05) is 6.54 Å². The van der Waals surface area contributed by atoms with Crippen molar-refractivity contribution in [3.63, 3.8) is 0 Å². The van der Waals surface area contributed by atoms with Crippen LogP contribution in [-0.2, 0) is 4.74 Å². The second-order valence-electron chi connectivity index (χ2n) is 5.12. The summed E-state index contributed by atoms with van der Waals surface area (Å²) in [5, 5.41) is 11.1. The molecule has 1 aliphatic rings. The number of hydrazine groups is 1. The number of carbonyl (C=O) groups is 1. The van der Waals surface area contributed by atoms with Crippen LogP contribution in [0.1, 0.15) is 27.2 Å². The molecule has 1 amide bonds. The maximum absolute atomic E-state index is 12.0. The van der Waals surface area contributed by atoms with Crippen molar-refractivity contribution in [1.82, 2.24) is 9.93 Å². The Morgan fingerprint density at radius 3 is 2.59 bits per heavy atom. The van der Waals surface area contributed by atoms with Gasteiger partial charge >= 0.3 is 13.1 Å². The van der Waals surface area contributed by atoms with E-state index in [1.165, 1.54) is 5.01 Å². The Bertz CT molecular complexity index is 300. The van der Waals surface area contributed by atoms with Crippen LogP contribution in [0.25, 0.3) is 0 Å². The number of nitrogens with zero attached hydrogens (tertiary/aromatic N) is 2.